The van der Waals surface area contributed by atoms with Gasteiger partial charge in [0, 0.05) is 17.6 Å². The van der Waals surface area contributed by atoms with E-state index < -0.39 is 0 Å². The number of hydrogen-bond donors (Lipinski definition) is 1. The van der Waals surface area contributed by atoms with Crippen LogP contribution < -0.4 is 11.3 Å². The monoisotopic (exact) mass is 272 g/mol. The van der Waals surface area contributed by atoms with Gasteiger partial charge in [-0.1, -0.05) is 0 Å². The van der Waals surface area contributed by atoms with E-state index in [9.17, 15) is 9.18 Å². The molecule has 3 nitrogen and oxygen atoms in total. The Morgan fingerprint density at radius 1 is 1.20 bits per heavy atom. The first-order valence-electron chi connectivity index (χ1n) is 6.85. The Balaban J connectivity index is 2.18. The zero-order valence-electron chi connectivity index (χ0n) is 11.3. The molecule has 0 radical (unpaired) electrons. The molecule has 2 aromatic rings. The highest BCUT2D eigenvalue weighted by Gasteiger charge is 2.28. The van der Waals surface area contributed by atoms with Crippen molar-refractivity contribution < 1.29 is 4.39 Å². The number of nitrogens with zero attached hydrogens (tertiary/aromatic N) is 1. The third kappa shape index (κ3) is 2.27. The molecule has 104 valence electrons. The first-order chi connectivity index (χ1) is 9.58. The molecule has 4 heteroatoms. The quantitative estimate of drug-likeness (QED) is 0.933. The summed E-state index contributed by atoms with van der Waals surface area (Å²) in [5.74, 6) is -0.277. The van der Waals surface area contributed by atoms with E-state index >= 15 is 0 Å². The van der Waals surface area contributed by atoms with Crippen LogP contribution in [0.25, 0.3) is 11.3 Å². The molecule has 1 atom stereocenters. The Hall–Kier alpha value is -1.94. The number of rotatable bonds is 3. The zero-order valence-corrected chi connectivity index (χ0v) is 11.3. The van der Waals surface area contributed by atoms with Crippen molar-refractivity contribution in [2.45, 2.75) is 31.8 Å². The minimum atomic E-state index is -0.283. The SMILES string of the molecule is CC(N)c1ccc(-c2ccc(F)cc2)n(C2CC2)c1=O. The summed E-state index contributed by atoms with van der Waals surface area (Å²) in [5.41, 5.74) is 8.14. The first kappa shape index (κ1) is 13.1. The minimum absolute atomic E-state index is 0.0238. The average molecular weight is 272 g/mol. The maximum atomic E-state index is 13.0. The predicted molar refractivity (Wildman–Crippen MR) is 77.0 cm³/mol. The Morgan fingerprint density at radius 2 is 1.85 bits per heavy atom. The van der Waals surface area contributed by atoms with Crippen LogP contribution in [0.15, 0.2) is 41.2 Å². The van der Waals surface area contributed by atoms with E-state index in [1.165, 1.54) is 12.1 Å². The lowest BCUT2D eigenvalue weighted by Crippen LogP contribution is -2.27. The van der Waals surface area contributed by atoms with Crippen LogP contribution in [-0.4, -0.2) is 4.57 Å². The van der Waals surface area contributed by atoms with Gasteiger partial charge in [0.05, 0.1) is 5.69 Å². The fourth-order valence-electron chi connectivity index (χ4n) is 2.47. The van der Waals surface area contributed by atoms with Crippen LogP contribution in [0.3, 0.4) is 0 Å². The standard InChI is InChI=1S/C16H17FN2O/c1-10(18)14-8-9-15(11-2-4-12(17)5-3-11)19(16(14)20)13-6-7-13/h2-5,8-10,13H,6-7,18H2,1H3. The highest BCUT2D eigenvalue weighted by molar-refractivity contribution is 5.60. The maximum Gasteiger partial charge on any atom is 0.256 e. The molecule has 2 N–H and O–H groups in total. The number of aromatic nitrogens is 1. The highest BCUT2D eigenvalue weighted by atomic mass is 19.1. The number of halogens is 1. The number of benzene rings is 1. The molecule has 3 rings (SSSR count). The van der Waals surface area contributed by atoms with Crippen molar-refractivity contribution in [3.8, 4) is 11.3 Å². The molecule has 0 aliphatic heterocycles. The lowest BCUT2D eigenvalue weighted by atomic mass is 10.1. The topological polar surface area (TPSA) is 48.0 Å². The first-order valence-corrected chi connectivity index (χ1v) is 6.85. The van der Waals surface area contributed by atoms with Crippen molar-refractivity contribution in [2.75, 3.05) is 0 Å². The van der Waals surface area contributed by atoms with Gasteiger partial charge in [0.25, 0.3) is 5.56 Å². The van der Waals surface area contributed by atoms with E-state index in [1.807, 2.05) is 17.6 Å². The van der Waals surface area contributed by atoms with Gasteiger partial charge in [-0.2, -0.15) is 0 Å². The largest absolute Gasteiger partial charge is 0.324 e. The van der Waals surface area contributed by atoms with Crippen LogP contribution in [0.2, 0.25) is 0 Å². The number of pyridine rings is 1. The van der Waals surface area contributed by atoms with Gasteiger partial charge in [-0.15, -0.1) is 0 Å². The molecule has 1 heterocycles. The smallest absolute Gasteiger partial charge is 0.256 e. The van der Waals surface area contributed by atoms with Gasteiger partial charge >= 0.3 is 0 Å². The molecule has 1 saturated carbocycles. The summed E-state index contributed by atoms with van der Waals surface area (Å²) in [6, 6.07) is 9.89. The molecule has 0 saturated heterocycles. The predicted octanol–water partition coefficient (Wildman–Crippen LogP) is 3.01. The molecule has 1 aliphatic carbocycles. The molecule has 0 spiro atoms. The Kier molecular flexibility index (Phi) is 3.18. The van der Waals surface area contributed by atoms with Gasteiger partial charge < -0.3 is 10.3 Å². The van der Waals surface area contributed by atoms with Crippen LogP contribution in [0, 0.1) is 5.82 Å². The van der Waals surface area contributed by atoms with E-state index in [2.05, 4.69) is 0 Å². The van der Waals surface area contributed by atoms with Gasteiger partial charge in [-0.25, -0.2) is 4.39 Å². The second-order valence-corrected chi connectivity index (χ2v) is 5.38. The van der Waals surface area contributed by atoms with Crippen molar-refractivity contribution in [3.63, 3.8) is 0 Å². The average Bonchev–Trinajstić information content (AvgIpc) is 3.23. The van der Waals surface area contributed by atoms with E-state index in [4.69, 9.17) is 5.73 Å². The summed E-state index contributed by atoms with van der Waals surface area (Å²) in [6.45, 7) is 1.81. The summed E-state index contributed by atoms with van der Waals surface area (Å²) in [6.07, 6.45) is 2.02. The molecular weight excluding hydrogens is 255 g/mol. The maximum absolute atomic E-state index is 13.0. The van der Waals surface area contributed by atoms with Crippen molar-refractivity contribution in [2.24, 2.45) is 5.73 Å². The molecule has 20 heavy (non-hydrogen) atoms. The van der Waals surface area contributed by atoms with Crippen LogP contribution >= 0.6 is 0 Å². The molecule has 1 aromatic heterocycles. The molecule has 1 aliphatic rings. The normalized spacial score (nSPS) is 16.1. The fraction of sp³-hybridized carbons (Fsp3) is 0.312. The van der Waals surface area contributed by atoms with E-state index in [0.29, 0.717) is 5.56 Å². The summed E-state index contributed by atoms with van der Waals surface area (Å²) in [5, 5.41) is 0. The molecule has 0 amide bonds. The van der Waals surface area contributed by atoms with Crippen LogP contribution in [-0.2, 0) is 0 Å². The summed E-state index contributed by atoms with van der Waals surface area (Å²) >= 11 is 0. The van der Waals surface area contributed by atoms with Crippen LogP contribution in [0.1, 0.15) is 37.4 Å². The van der Waals surface area contributed by atoms with Crippen LogP contribution in [0.4, 0.5) is 4.39 Å². The molecule has 1 aromatic carbocycles. The van der Waals surface area contributed by atoms with Crippen molar-refractivity contribution in [1.82, 2.24) is 4.57 Å². The number of nitrogens with two attached hydrogens (primary N) is 1. The van der Waals surface area contributed by atoms with Crippen molar-refractivity contribution in [3.05, 3.63) is 58.1 Å². The van der Waals surface area contributed by atoms with E-state index in [-0.39, 0.29) is 23.5 Å². The van der Waals surface area contributed by atoms with E-state index in [0.717, 1.165) is 24.1 Å². The fourth-order valence-corrected chi connectivity index (χ4v) is 2.47. The summed E-state index contributed by atoms with van der Waals surface area (Å²) < 4.78 is 14.8. The second-order valence-electron chi connectivity index (χ2n) is 5.38. The minimum Gasteiger partial charge on any atom is -0.324 e. The third-order valence-corrected chi connectivity index (χ3v) is 3.69. The van der Waals surface area contributed by atoms with Crippen molar-refractivity contribution >= 4 is 0 Å². The summed E-state index contributed by atoms with van der Waals surface area (Å²) in [7, 11) is 0. The van der Waals surface area contributed by atoms with Crippen molar-refractivity contribution in [1.29, 1.82) is 0 Å². The molecule has 1 unspecified atom stereocenters. The zero-order chi connectivity index (χ0) is 14.3. The lowest BCUT2D eigenvalue weighted by Gasteiger charge is -2.15. The Labute approximate surface area is 116 Å². The highest BCUT2D eigenvalue weighted by Crippen LogP contribution is 2.37. The number of hydrogen-bond acceptors (Lipinski definition) is 2. The van der Waals surface area contributed by atoms with Gasteiger partial charge in [-0.05, 0) is 61.7 Å². The van der Waals surface area contributed by atoms with Gasteiger partial charge in [0.2, 0.25) is 0 Å². The summed E-state index contributed by atoms with van der Waals surface area (Å²) in [4.78, 5) is 12.6. The lowest BCUT2D eigenvalue weighted by molar-refractivity contribution is 0.627. The molecule has 1 fully saturated rings. The second kappa shape index (κ2) is 4.87. The molecule has 0 bridgehead atoms. The van der Waals surface area contributed by atoms with E-state index in [1.54, 1.807) is 18.2 Å². The molecular formula is C16H17FN2O. The van der Waals surface area contributed by atoms with Gasteiger partial charge in [0.15, 0.2) is 0 Å². The third-order valence-electron chi connectivity index (χ3n) is 3.69. The van der Waals surface area contributed by atoms with Crippen LogP contribution in [0.5, 0.6) is 0 Å². The van der Waals surface area contributed by atoms with Gasteiger partial charge in [0.1, 0.15) is 5.82 Å². The Bertz CT molecular complexity index is 685. The van der Waals surface area contributed by atoms with Gasteiger partial charge in [-0.3, -0.25) is 4.79 Å². The Morgan fingerprint density at radius 3 is 2.40 bits per heavy atom.